The SMILES string of the molecule is Cc1ccc(S(=O)(=O)N(C(=O)c2cccnc2)c2ccc3oc(=O)sc3c2)cc1. The largest absolute Gasteiger partial charge is 0.414 e. The molecule has 2 aromatic carbocycles. The maximum Gasteiger partial charge on any atom is 0.396 e. The molecule has 0 saturated heterocycles. The zero-order valence-electron chi connectivity index (χ0n) is 15.1. The number of fused-ring (bicyclic) bond motifs is 1. The predicted octanol–water partition coefficient (Wildman–Crippen LogP) is 3.59. The van der Waals surface area contributed by atoms with Crippen molar-refractivity contribution in [3.63, 3.8) is 0 Å². The average molecular weight is 426 g/mol. The van der Waals surface area contributed by atoms with Crippen molar-refractivity contribution < 1.29 is 17.6 Å². The number of carbonyl (C=O) groups excluding carboxylic acids is 1. The zero-order chi connectivity index (χ0) is 20.6. The molecule has 29 heavy (non-hydrogen) atoms. The smallest absolute Gasteiger partial charge is 0.396 e. The van der Waals surface area contributed by atoms with Crippen molar-refractivity contribution in [2.24, 2.45) is 0 Å². The van der Waals surface area contributed by atoms with Crippen LogP contribution < -0.4 is 9.24 Å². The van der Waals surface area contributed by atoms with Gasteiger partial charge in [0.2, 0.25) is 0 Å². The number of rotatable bonds is 4. The van der Waals surface area contributed by atoms with E-state index in [4.69, 9.17) is 4.42 Å². The fourth-order valence-corrected chi connectivity index (χ4v) is 4.88. The van der Waals surface area contributed by atoms with Gasteiger partial charge in [0.15, 0.2) is 0 Å². The summed E-state index contributed by atoms with van der Waals surface area (Å²) < 4.78 is 33.0. The van der Waals surface area contributed by atoms with E-state index in [0.29, 0.717) is 10.3 Å². The van der Waals surface area contributed by atoms with E-state index in [0.717, 1.165) is 21.2 Å². The number of hydrogen-bond donors (Lipinski definition) is 0. The highest BCUT2D eigenvalue weighted by molar-refractivity contribution is 7.93. The lowest BCUT2D eigenvalue weighted by Crippen LogP contribution is -2.37. The molecule has 0 fully saturated rings. The van der Waals surface area contributed by atoms with Gasteiger partial charge in [-0.05, 0) is 49.4 Å². The molecule has 0 N–H and O–H groups in total. The predicted molar refractivity (Wildman–Crippen MR) is 110 cm³/mol. The Balaban J connectivity index is 1.91. The summed E-state index contributed by atoms with van der Waals surface area (Å²) in [6.07, 6.45) is 2.79. The molecule has 0 atom stereocenters. The van der Waals surface area contributed by atoms with Crippen LogP contribution >= 0.6 is 11.3 Å². The van der Waals surface area contributed by atoms with Gasteiger partial charge in [0, 0.05) is 12.4 Å². The first-order valence-electron chi connectivity index (χ1n) is 8.46. The van der Waals surface area contributed by atoms with Gasteiger partial charge >= 0.3 is 4.94 Å². The van der Waals surface area contributed by atoms with Crippen molar-refractivity contribution in [2.45, 2.75) is 11.8 Å². The van der Waals surface area contributed by atoms with Crippen LogP contribution in [-0.2, 0) is 10.0 Å². The summed E-state index contributed by atoms with van der Waals surface area (Å²) in [5.41, 5.74) is 1.43. The summed E-state index contributed by atoms with van der Waals surface area (Å²) >= 11 is 0.832. The van der Waals surface area contributed by atoms with Crippen molar-refractivity contribution in [1.29, 1.82) is 0 Å². The van der Waals surface area contributed by atoms with Crippen molar-refractivity contribution in [2.75, 3.05) is 4.31 Å². The van der Waals surface area contributed by atoms with Gasteiger partial charge in [-0.1, -0.05) is 29.0 Å². The Morgan fingerprint density at radius 1 is 1.10 bits per heavy atom. The average Bonchev–Trinajstić information content (AvgIpc) is 3.08. The first-order chi connectivity index (χ1) is 13.9. The Labute approximate surface area is 169 Å². The minimum absolute atomic E-state index is 0.0270. The third-order valence-corrected chi connectivity index (χ3v) is 6.71. The quantitative estimate of drug-likeness (QED) is 0.495. The molecule has 0 spiro atoms. The third kappa shape index (κ3) is 3.57. The second-order valence-corrected chi connectivity index (χ2v) is 8.98. The van der Waals surface area contributed by atoms with Gasteiger partial charge in [0.05, 0.1) is 20.8 Å². The fraction of sp³-hybridized carbons (Fsp3) is 0.0500. The molecule has 4 rings (SSSR count). The lowest BCUT2D eigenvalue weighted by molar-refractivity contribution is 0.100. The van der Waals surface area contributed by atoms with Crippen LogP contribution in [-0.4, -0.2) is 19.3 Å². The summed E-state index contributed by atoms with van der Waals surface area (Å²) in [5.74, 6) is -0.756. The lowest BCUT2D eigenvalue weighted by Gasteiger charge is -2.22. The maximum atomic E-state index is 13.4. The van der Waals surface area contributed by atoms with Crippen molar-refractivity contribution in [3.8, 4) is 0 Å². The molecule has 0 bridgehead atoms. The molecule has 0 aliphatic carbocycles. The standard InChI is InChI=1S/C20H14N2O5S2/c1-13-4-7-16(8-5-13)29(25,26)22(19(23)14-3-2-10-21-12-14)15-6-9-17-18(11-15)28-20(24)27-17/h2-12H,1H3. The van der Waals surface area contributed by atoms with E-state index in [1.165, 1.54) is 48.8 Å². The van der Waals surface area contributed by atoms with E-state index in [1.54, 1.807) is 18.2 Å². The molecule has 0 aliphatic heterocycles. The molecule has 2 heterocycles. The number of carbonyl (C=O) groups is 1. The number of anilines is 1. The lowest BCUT2D eigenvalue weighted by atomic mass is 10.2. The summed E-state index contributed by atoms with van der Waals surface area (Å²) in [7, 11) is -4.23. The number of hydrogen-bond acceptors (Lipinski definition) is 7. The molecular weight excluding hydrogens is 412 g/mol. The Morgan fingerprint density at radius 2 is 1.86 bits per heavy atom. The minimum Gasteiger partial charge on any atom is -0.414 e. The van der Waals surface area contributed by atoms with Crippen molar-refractivity contribution in [3.05, 3.63) is 87.9 Å². The van der Waals surface area contributed by atoms with Gasteiger partial charge in [0.1, 0.15) is 5.58 Å². The number of amides is 1. The highest BCUT2D eigenvalue weighted by Gasteiger charge is 2.32. The molecule has 9 heteroatoms. The molecule has 0 aliphatic rings. The zero-order valence-corrected chi connectivity index (χ0v) is 16.7. The highest BCUT2D eigenvalue weighted by Crippen LogP contribution is 2.30. The van der Waals surface area contributed by atoms with E-state index >= 15 is 0 Å². The molecular formula is C20H14N2O5S2. The molecule has 2 aromatic heterocycles. The van der Waals surface area contributed by atoms with Gasteiger partial charge in [-0.15, -0.1) is 0 Å². The monoisotopic (exact) mass is 426 g/mol. The third-order valence-electron chi connectivity index (χ3n) is 4.20. The highest BCUT2D eigenvalue weighted by atomic mass is 32.2. The molecule has 1 amide bonds. The first kappa shape index (κ1) is 19.0. The van der Waals surface area contributed by atoms with Crippen LogP contribution in [0.15, 0.2) is 81.1 Å². The maximum absolute atomic E-state index is 13.4. The summed E-state index contributed by atoms with van der Waals surface area (Å²) in [6.45, 7) is 1.84. The Kier molecular flexibility index (Phi) is 4.77. The summed E-state index contributed by atoms with van der Waals surface area (Å²) in [4.78, 5) is 28.1. The Morgan fingerprint density at radius 3 is 2.55 bits per heavy atom. The first-order valence-corrected chi connectivity index (χ1v) is 10.7. The summed E-state index contributed by atoms with van der Waals surface area (Å²) in [6, 6.07) is 13.6. The molecule has 7 nitrogen and oxygen atoms in total. The van der Waals surface area contributed by atoms with Crippen molar-refractivity contribution >= 4 is 43.2 Å². The number of nitrogens with zero attached hydrogens (tertiary/aromatic N) is 2. The Bertz CT molecular complexity index is 1360. The second kappa shape index (κ2) is 7.26. The van der Waals surface area contributed by atoms with Crippen LogP contribution in [0.2, 0.25) is 0 Å². The van der Waals surface area contributed by atoms with Gasteiger partial charge in [-0.25, -0.2) is 13.2 Å². The van der Waals surface area contributed by atoms with Crippen LogP contribution in [0.25, 0.3) is 10.3 Å². The van der Waals surface area contributed by atoms with Gasteiger partial charge in [0.25, 0.3) is 15.9 Å². The van der Waals surface area contributed by atoms with E-state index in [1.807, 2.05) is 6.92 Å². The number of benzene rings is 2. The molecule has 146 valence electrons. The molecule has 0 saturated carbocycles. The van der Waals surface area contributed by atoms with Crippen LogP contribution in [0.3, 0.4) is 0 Å². The fourth-order valence-electron chi connectivity index (χ4n) is 2.77. The Hall–Kier alpha value is -3.30. The van der Waals surface area contributed by atoms with E-state index in [-0.39, 0.29) is 16.1 Å². The van der Waals surface area contributed by atoms with Gasteiger partial charge in [-0.3, -0.25) is 9.78 Å². The number of aromatic nitrogens is 1. The van der Waals surface area contributed by atoms with Crippen LogP contribution in [0.5, 0.6) is 0 Å². The van der Waals surface area contributed by atoms with E-state index < -0.39 is 20.9 Å². The number of sulfonamides is 1. The summed E-state index contributed by atoms with van der Waals surface area (Å²) in [5, 5.41) is 0. The van der Waals surface area contributed by atoms with E-state index in [2.05, 4.69) is 4.98 Å². The molecule has 0 unspecified atom stereocenters. The van der Waals surface area contributed by atoms with Gasteiger partial charge in [-0.2, -0.15) is 4.31 Å². The van der Waals surface area contributed by atoms with Crippen molar-refractivity contribution in [1.82, 2.24) is 4.98 Å². The molecule has 0 radical (unpaired) electrons. The normalized spacial score (nSPS) is 11.5. The topological polar surface area (TPSA) is 97.6 Å². The van der Waals surface area contributed by atoms with Crippen LogP contribution in [0.1, 0.15) is 15.9 Å². The van der Waals surface area contributed by atoms with Crippen LogP contribution in [0, 0.1) is 6.92 Å². The van der Waals surface area contributed by atoms with E-state index in [9.17, 15) is 18.0 Å². The number of pyridine rings is 1. The minimum atomic E-state index is -4.23. The second-order valence-electron chi connectivity index (χ2n) is 6.21. The molecule has 4 aromatic rings. The van der Waals surface area contributed by atoms with Gasteiger partial charge < -0.3 is 4.42 Å². The van der Waals surface area contributed by atoms with Crippen LogP contribution in [0.4, 0.5) is 5.69 Å². The number of aryl methyl sites for hydroxylation is 1.